The monoisotopic (exact) mass is 381 g/mol. The van der Waals surface area contributed by atoms with Crippen molar-refractivity contribution in [2.75, 3.05) is 4.90 Å². The first-order valence-corrected chi connectivity index (χ1v) is 9.17. The number of anilines is 1. The summed E-state index contributed by atoms with van der Waals surface area (Å²) < 4.78 is 0. The van der Waals surface area contributed by atoms with Crippen molar-refractivity contribution >= 4 is 34.9 Å². The molecule has 6 nitrogen and oxygen atoms in total. The highest BCUT2D eigenvalue weighted by Gasteiger charge is 2.70. The Morgan fingerprint density at radius 1 is 1.11 bits per heavy atom. The van der Waals surface area contributed by atoms with Crippen molar-refractivity contribution in [2.45, 2.75) is 24.5 Å². The number of halogens is 1. The Labute approximate surface area is 160 Å². The normalized spacial score (nSPS) is 28.9. The lowest BCUT2D eigenvalue weighted by Crippen LogP contribution is -2.37. The molecule has 0 radical (unpaired) electrons. The van der Waals surface area contributed by atoms with Gasteiger partial charge in [0.25, 0.3) is 5.91 Å². The van der Waals surface area contributed by atoms with E-state index in [9.17, 15) is 9.59 Å². The van der Waals surface area contributed by atoms with Gasteiger partial charge in [-0.2, -0.15) is 0 Å². The van der Waals surface area contributed by atoms with Crippen LogP contribution in [0.25, 0.3) is 0 Å². The van der Waals surface area contributed by atoms with Crippen molar-refractivity contribution in [1.82, 2.24) is 5.32 Å². The number of oxime groups is 1. The van der Waals surface area contributed by atoms with Gasteiger partial charge < -0.3 is 10.2 Å². The predicted octanol–water partition coefficient (Wildman–Crippen LogP) is 3.35. The van der Waals surface area contributed by atoms with Crippen LogP contribution in [0, 0.1) is 5.92 Å². The molecule has 1 N–H and O–H groups in total. The minimum atomic E-state index is -0.886. The molecule has 5 rings (SSSR count). The molecule has 3 atom stereocenters. The van der Waals surface area contributed by atoms with E-state index in [-0.39, 0.29) is 17.9 Å². The van der Waals surface area contributed by atoms with E-state index in [0.29, 0.717) is 23.6 Å². The molecule has 2 heterocycles. The SMILES string of the molecule is O=C1N[C@@]2(C[C@H]2[C@H]2CC(c3ccccc3)=NO2)C(=O)N1c1ccc(Cl)cc1. The number of rotatable bonds is 3. The molecule has 1 aliphatic carbocycles. The number of nitrogens with one attached hydrogen (secondary N) is 1. The molecule has 7 heteroatoms. The second kappa shape index (κ2) is 5.82. The number of nitrogens with zero attached hydrogens (tertiary/aromatic N) is 2. The summed E-state index contributed by atoms with van der Waals surface area (Å²) in [4.78, 5) is 32.3. The maximum Gasteiger partial charge on any atom is 0.329 e. The fourth-order valence-corrected chi connectivity index (χ4v) is 4.08. The first-order chi connectivity index (χ1) is 13.1. The molecule has 2 aliphatic heterocycles. The number of amides is 3. The van der Waals surface area contributed by atoms with Crippen LogP contribution in [0.4, 0.5) is 10.5 Å². The highest BCUT2D eigenvalue weighted by atomic mass is 35.5. The van der Waals surface area contributed by atoms with Crippen LogP contribution in [-0.4, -0.2) is 29.3 Å². The van der Waals surface area contributed by atoms with Gasteiger partial charge in [-0.15, -0.1) is 0 Å². The van der Waals surface area contributed by atoms with Gasteiger partial charge in [-0.3, -0.25) is 4.79 Å². The Balaban J connectivity index is 1.33. The summed E-state index contributed by atoms with van der Waals surface area (Å²) in [7, 11) is 0. The van der Waals surface area contributed by atoms with Gasteiger partial charge in [0.15, 0.2) is 0 Å². The Bertz CT molecular complexity index is 960. The summed E-state index contributed by atoms with van der Waals surface area (Å²) in [6.45, 7) is 0. The van der Waals surface area contributed by atoms with E-state index in [1.807, 2.05) is 30.3 Å². The molecule has 1 saturated heterocycles. The van der Waals surface area contributed by atoms with Gasteiger partial charge in [0, 0.05) is 17.4 Å². The predicted molar refractivity (Wildman–Crippen MR) is 101 cm³/mol. The number of benzene rings is 2. The molecule has 0 bridgehead atoms. The summed E-state index contributed by atoms with van der Waals surface area (Å²) in [6.07, 6.45) is 0.972. The lowest BCUT2D eigenvalue weighted by atomic mass is 10.0. The molecule has 0 aromatic heterocycles. The fourth-order valence-electron chi connectivity index (χ4n) is 3.96. The maximum atomic E-state index is 13.0. The van der Waals surface area contributed by atoms with Gasteiger partial charge in [0.1, 0.15) is 11.6 Å². The average Bonchev–Trinajstić information content (AvgIpc) is 3.08. The van der Waals surface area contributed by atoms with Crippen molar-refractivity contribution < 1.29 is 14.4 Å². The number of hydrogen-bond acceptors (Lipinski definition) is 4. The lowest BCUT2D eigenvalue weighted by molar-refractivity contribution is -0.120. The number of imide groups is 1. The van der Waals surface area contributed by atoms with Crippen molar-refractivity contribution in [3.8, 4) is 0 Å². The molecule has 0 unspecified atom stereocenters. The zero-order chi connectivity index (χ0) is 18.6. The minimum absolute atomic E-state index is 0.0868. The smallest absolute Gasteiger partial charge is 0.329 e. The van der Waals surface area contributed by atoms with E-state index in [2.05, 4.69) is 10.5 Å². The Morgan fingerprint density at radius 3 is 2.59 bits per heavy atom. The van der Waals surface area contributed by atoms with Crippen LogP contribution >= 0.6 is 11.6 Å². The van der Waals surface area contributed by atoms with Crippen LogP contribution in [0.3, 0.4) is 0 Å². The number of hydrogen-bond donors (Lipinski definition) is 1. The molecule has 136 valence electrons. The van der Waals surface area contributed by atoms with Gasteiger partial charge in [0.05, 0.1) is 11.4 Å². The standard InChI is InChI=1S/C20H16ClN3O3/c21-13-6-8-14(9-7-13)24-18(25)20(22-19(24)26)11-15(20)17-10-16(23-27-17)12-4-2-1-3-5-12/h1-9,15,17H,10-11H2,(H,22,26)/t15-,17+,20+/m0/s1. The van der Waals surface area contributed by atoms with E-state index >= 15 is 0 Å². The molecule has 1 saturated carbocycles. The van der Waals surface area contributed by atoms with Gasteiger partial charge >= 0.3 is 6.03 Å². The Kier molecular flexibility index (Phi) is 3.52. The van der Waals surface area contributed by atoms with Crippen molar-refractivity contribution in [2.24, 2.45) is 11.1 Å². The zero-order valence-electron chi connectivity index (χ0n) is 14.3. The van der Waals surface area contributed by atoms with Crippen LogP contribution in [0.1, 0.15) is 18.4 Å². The molecule has 3 amide bonds. The summed E-state index contributed by atoms with van der Waals surface area (Å²) in [5.41, 5.74) is 1.51. The maximum absolute atomic E-state index is 13.0. The third kappa shape index (κ3) is 2.51. The second-order valence-corrected chi connectivity index (χ2v) is 7.52. The number of carbonyl (C=O) groups is 2. The summed E-state index contributed by atoms with van der Waals surface area (Å²) >= 11 is 5.90. The zero-order valence-corrected chi connectivity index (χ0v) is 15.0. The van der Waals surface area contributed by atoms with Crippen LogP contribution in [0.2, 0.25) is 5.02 Å². The van der Waals surface area contributed by atoms with Crippen LogP contribution in [-0.2, 0) is 9.63 Å². The molecule has 1 spiro atoms. The van der Waals surface area contributed by atoms with Crippen LogP contribution in [0.15, 0.2) is 59.8 Å². The molecule has 3 aliphatic rings. The third-order valence-electron chi connectivity index (χ3n) is 5.47. The molecular weight excluding hydrogens is 366 g/mol. The Hall–Kier alpha value is -2.86. The summed E-state index contributed by atoms with van der Waals surface area (Å²) in [5, 5.41) is 7.62. The Morgan fingerprint density at radius 2 is 1.85 bits per heavy atom. The first-order valence-electron chi connectivity index (χ1n) is 8.79. The van der Waals surface area contributed by atoms with E-state index in [0.717, 1.165) is 11.3 Å². The fraction of sp³-hybridized carbons (Fsp3) is 0.250. The van der Waals surface area contributed by atoms with Crippen molar-refractivity contribution in [3.05, 3.63) is 65.2 Å². The van der Waals surface area contributed by atoms with Gasteiger partial charge in [-0.25, -0.2) is 9.69 Å². The first kappa shape index (κ1) is 16.3. The van der Waals surface area contributed by atoms with E-state index in [4.69, 9.17) is 16.4 Å². The minimum Gasteiger partial charge on any atom is -0.391 e. The highest BCUT2D eigenvalue weighted by molar-refractivity contribution is 6.31. The van der Waals surface area contributed by atoms with Crippen LogP contribution in [0.5, 0.6) is 0 Å². The van der Waals surface area contributed by atoms with E-state index < -0.39 is 11.6 Å². The van der Waals surface area contributed by atoms with E-state index in [1.54, 1.807) is 24.3 Å². The largest absolute Gasteiger partial charge is 0.391 e. The number of carbonyl (C=O) groups excluding carboxylic acids is 2. The van der Waals surface area contributed by atoms with Crippen LogP contribution < -0.4 is 10.2 Å². The quantitative estimate of drug-likeness (QED) is 0.829. The summed E-state index contributed by atoms with van der Waals surface area (Å²) in [5.74, 6) is -0.326. The molecule has 2 aromatic carbocycles. The average molecular weight is 382 g/mol. The highest BCUT2D eigenvalue weighted by Crippen LogP contribution is 2.52. The molecular formula is C20H16ClN3O3. The van der Waals surface area contributed by atoms with Gasteiger partial charge in [-0.05, 0) is 36.2 Å². The second-order valence-electron chi connectivity index (χ2n) is 7.08. The molecule has 27 heavy (non-hydrogen) atoms. The topological polar surface area (TPSA) is 71.0 Å². The third-order valence-corrected chi connectivity index (χ3v) is 5.72. The molecule has 2 aromatic rings. The van der Waals surface area contributed by atoms with Gasteiger partial charge in [-0.1, -0.05) is 47.1 Å². The summed E-state index contributed by atoms with van der Waals surface area (Å²) in [6, 6.07) is 16.1. The van der Waals surface area contributed by atoms with Gasteiger partial charge in [0.2, 0.25) is 0 Å². The van der Waals surface area contributed by atoms with Crippen molar-refractivity contribution in [3.63, 3.8) is 0 Å². The lowest BCUT2D eigenvalue weighted by Gasteiger charge is -2.14. The molecule has 2 fully saturated rings. The van der Waals surface area contributed by atoms with Crippen molar-refractivity contribution in [1.29, 1.82) is 0 Å². The number of urea groups is 1. The van der Waals surface area contributed by atoms with E-state index in [1.165, 1.54) is 4.90 Å².